The molecule has 1 saturated heterocycles. The zero-order valence-electron chi connectivity index (χ0n) is 17.7. The Hall–Kier alpha value is -3.63. The summed E-state index contributed by atoms with van der Waals surface area (Å²) in [4.78, 5) is 14.3. The van der Waals surface area contributed by atoms with Crippen molar-refractivity contribution in [3.63, 3.8) is 0 Å². The first kappa shape index (κ1) is 21.2. The van der Waals surface area contributed by atoms with E-state index in [1.54, 1.807) is 29.2 Å². The second kappa shape index (κ2) is 7.75. The van der Waals surface area contributed by atoms with Crippen LogP contribution in [0.4, 0.5) is 13.2 Å². The van der Waals surface area contributed by atoms with Crippen molar-refractivity contribution in [3.8, 4) is 17.2 Å². The van der Waals surface area contributed by atoms with Crippen molar-refractivity contribution in [1.29, 1.82) is 0 Å². The maximum atomic E-state index is 13.2. The number of hydrogen-bond acceptors (Lipinski definition) is 6. The van der Waals surface area contributed by atoms with E-state index < -0.39 is 17.3 Å². The van der Waals surface area contributed by atoms with Gasteiger partial charge in [-0.1, -0.05) is 12.1 Å². The van der Waals surface area contributed by atoms with E-state index >= 15 is 0 Å². The number of halogens is 3. The second-order valence-corrected chi connectivity index (χ2v) is 8.19. The summed E-state index contributed by atoms with van der Waals surface area (Å²) in [5.74, 6) is 1.42. The monoisotopic (exact) mass is 459 g/mol. The molecule has 0 bridgehead atoms. The predicted molar refractivity (Wildman–Crippen MR) is 109 cm³/mol. The van der Waals surface area contributed by atoms with Crippen LogP contribution in [0.2, 0.25) is 0 Å². The van der Waals surface area contributed by atoms with Crippen LogP contribution in [0.3, 0.4) is 0 Å². The lowest BCUT2D eigenvalue weighted by Gasteiger charge is -2.34. The third-order valence-corrected chi connectivity index (χ3v) is 6.04. The Morgan fingerprint density at radius 3 is 2.67 bits per heavy atom. The minimum atomic E-state index is -4.46. The predicted octanol–water partition coefficient (Wildman–Crippen LogP) is 3.49. The molecule has 2 aliphatic heterocycles. The first-order valence-corrected chi connectivity index (χ1v) is 10.4. The molecule has 3 aromatic rings. The van der Waals surface area contributed by atoms with Gasteiger partial charge < -0.3 is 14.4 Å². The van der Waals surface area contributed by atoms with E-state index in [9.17, 15) is 18.0 Å². The Balaban J connectivity index is 1.49. The van der Waals surface area contributed by atoms with Gasteiger partial charge >= 0.3 is 6.18 Å². The SMILES string of the molecule is CC1(c2nnnn2-c2ccc3c(c2)OCCO3)CCC(=O)N1Cc1cccc(C(F)(F)F)c1. The average Bonchev–Trinajstić information content (AvgIpc) is 3.40. The number of alkyl halides is 3. The topological polar surface area (TPSA) is 82.4 Å². The number of carbonyl (C=O) groups is 1. The van der Waals surface area contributed by atoms with E-state index in [0.717, 1.165) is 12.1 Å². The molecular weight excluding hydrogens is 439 g/mol. The van der Waals surface area contributed by atoms with Gasteiger partial charge in [-0.15, -0.1) is 5.10 Å². The molecule has 0 N–H and O–H groups in total. The largest absolute Gasteiger partial charge is 0.486 e. The minimum absolute atomic E-state index is 0.00719. The van der Waals surface area contributed by atoms with Crippen LogP contribution in [-0.2, 0) is 23.1 Å². The zero-order valence-corrected chi connectivity index (χ0v) is 17.7. The quantitative estimate of drug-likeness (QED) is 0.594. The number of tetrazole rings is 1. The Bertz CT molecular complexity index is 1210. The molecule has 11 heteroatoms. The van der Waals surface area contributed by atoms with Gasteiger partial charge in [-0.25, -0.2) is 0 Å². The minimum Gasteiger partial charge on any atom is -0.486 e. The lowest BCUT2D eigenvalue weighted by Crippen LogP contribution is -2.42. The van der Waals surface area contributed by atoms with Gasteiger partial charge in [0.1, 0.15) is 18.8 Å². The van der Waals surface area contributed by atoms with Crippen LogP contribution < -0.4 is 9.47 Å². The fourth-order valence-electron chi connectivity index (χ4n) is 4.28. The number of ether oxygens (including phenoxy) is 2. The van der Waals surface area contributed by atoms with Gasteiger partial charge in [0.2, 0.25) is 5.91 Å². The molecule has 8 nitrogen and oxygen atoms in total. The van der Waals surface area contributed by atoms with Crippen LogP contribution in [0.15, 0.2) is 42.5 Å². The van der Waals surface area contributed by atoms with Gasteiger partial charge in [0.05, 0.1) is 11.3 Å². The summed E-state index contributed by atoms with van der Waals surface area (Å²) in [6.45, 7) is 2.72. The first-order chi connectivity index (χ1) is 15.8. The highest BCUT2D eigenvalue weighted by atomic mass is 19.4. The molecule has 1 unspecified atom stereocenters. The van der Waals surface area contributed by atoms with Crippen molar-refractivity contribution in [2.45, 2.75) is 38.0 Å². The van der Waals surface area contributed by atoms with Crippen molar-refractivity contribution in [2.75, 3.05) is 13.2 Å². The highest BCUT2D eigenvalue weighted by Crippen LogP contribution is 2.41. The maximum absolute atomic E-state index is 13.2. The molecule has 172 valence electrons. The molecule has 1 atom stereocenters. The van der Waals surface area contributed by atoms with Crippen molar-refractivity contribution < 1.29 is 27.4 Å². The molecule has 0 spiro atoms. The Kier molecular flexibility index (Phi) is 4.98. The van der Waals surface area contributed by atoms with E-state index in [1.807, 2.05) is 6.92 Å². The lowest BCUT2D eigenvalue weighted by molar-refractivity contribution is -0.137. The Morgan fingerprint density at radius 1 is 1.09 bits per heavy atom. The molecule has 1 amide bonds. The number of fused-ring (bicyclic) bond motifs is 1. The summed E-state index contributed by atoms with van der Waals surface area (Å²) in [6, 6.07) is 10.3. The number of likely N-dealkylation sites (tertiary alicyclic amines) is 1. The molecule has 2 aliphatic rings. The van der Waals surface area contributed by atoms with Crippen molar-refractivity contribution in [3.05, 3.63) is 59.4 Å². The first-order valence-electron chi connectivity index (χ1n) is 10.4. The molecule has 2 aromatic carbocycles. The summed E-state index contributed by atoms with van der Waals surface area (Å²) in [6.07, 6.45) is -3.80. The van der Waals surface area contributed by atoms with E-state index in [1.165, 1.54) is 10.7 Å². The van der Waals surface area contributed by atoms with E-state index in [4.69, 9.17) is 9.47 Å². The second-order valence-electron chi connectivity index (χ2n) is 8.19. The summed E-state index contributed by atoms with van der Waals surface area (Å²) < 4.78 is 52.2. The maximum Gasteiger partial charge on any atom is 0.416 e. The molecule has 0 aliphatic carbocycles. The Labute approximate surface area is 186 Å². The normalized spacial score (nSPS) is 20.4. The highest BCUT2D eigenvalue weighted by molar-refractivity contribution is 5.79. The summed E-state index contributed by atoms with van der Waals surface area (Å²) in [5, 5.41) is 12.1. The van der Waals surface area contributed by atoms with Gasteiger partial charge in [0.15, 0.2) is 17.3 Å². The molecule has 5 rings (SSSR count). The van der Waals surface area contributed by atoms with Crippen molar-refractivity contribution in [2.24, 2.45) is 0 Å². The summed E-state index contributed by atoms with van der Waals surface area (Å²) in [5.41, 5.74) is -0.666. The number of nitrogens with zero attached hydrogens (tertiary/aromatic N) is 5. The third-order valence-electron chi connectivity index (χ3n) is 6.04. The summed E-state index contributed by atoms with van der Waals surface area (Å²) in [7, 11) is 0. The molecule has 33 heavy (non-hydrogen) atoms. The van der Waals surface area contributed by atoms with Gasteiger partial charge in [0, 0.05) is 19.0 Å². The smallest absolute Gasteiger partial charge is 0.416 e. The number of aromatic nitrogens is 4. The molecule has 3 heterocycles. The number of benzene rings is 2. The number of amides is 1. The van der Waals surface area contributed by atoms with Crippen molar-refractivity contribution in [1.82, 2.24) is 25.1 Å². The van der Waals surface area contributed by atoms with Gasteiger partial charge in [-0.3, -0.25) is 4.79 Å². The average molecular weight is 459 g/mol. The fourth-order valence-corrected chi connectivity index (χ4v) is 4.28. The van der Waals surface area contributed by atoms with Gasteiger partial charge in [-0.05, 0) is 53.6 Å². The Morgan fingerprint density at radius 2 is 1.88 bits per heavy atom. The fraction of sp³-hybridized carbons (Fsp3) is 0.364. The van der Waals surface area contributed by atoms with Crippen LogP contribution >= 0.6 is 0 Å². The molecule has 1 fully saturated rings. The van der Waals surface area contributed by atoms with E-state index in [0.29, 0.717) is 48.2 Å². The van der Waals surface area contributed by atoms with Crippen LogP contribution in [0.1, 0.15) is 36.7 Å². The van der Waals surface area contributed by atoms with Crippen LogP contribution in [-0.4, -0.2) is 44.2 Å². The van der Waals surface area contributed by atoms with Crippen LogP contribution in [0.5, 0.6) is 11.5 Å². The number of carbonyl (C=O) groups excluding carboxylic acids is 1. The molecular formula is C22H20F3N5O3. The highest BCUT2D eigenvalue weighted by Gasteiger charge is 2.47. The summed E-state index contributed by atoms with van der Waals surface area (Å²) >= 11 is 0. The van der Waals surface area contributed by atoms with Crippen LogP contribution in [0, 0.1) is 0 Å². The van der Waals surface area contributed by atoms with E-state index in [-0.39, 0.29) is 18.9 Å². The zero-order chi connectivity index (χ0) is 23.2. The van der Waals surface area contributed by atoms with Crippen molar-refractivity contribution >= 4 is 5.91 Å². The van der Waals surface area contributed by atoms with Crippen LogP contribution in [0.25, 0.3) is 5.69 Å². The number of rotatable bonds is 4. The standard InChI is InChI=1S/C22H20F3N5O3/c1-21(8-7-19(31)29(21)13-14-3-2-4-15(11-14)22(23,24)25)20-26-27-28-30(20)16-5-6-17-18(12-16)33-10-9-32-17/h2-6,11-12H,7-10,13H2,1H3. The molecule has 0 saturated carbocycles. The van der Waals surface area contributed by atoms with Gasteiger partial charge in [-0.2, -0.15) is 17.9 Å². The van der Waals surface area contributed by atoms with Gasteiger partial charge in [0.25, 0.3) is 0 Å². The third kappa shape index (κ3) is 3.77. The lowest BCUT2D eigenvalue weighted by atomic mass is 9.96. The van der Waals surface area contributed by atoms with E-state index in [2.05, 4.69) is 15.5 Å². The molecule has 0 radical (unpaired) electrons. The molecule has 1 aromatic heterocycles. The number of hydrogen-bond donors (Lipinski definition) is 0.